The van der Waals surface area contributed by atoms with E-state index in [0.717, 1.165) is 49.4 Å². The van der Waals surface area contributed by atoms with Crippen molar-refractivity contribution < 1.29 is 23.1 Å². The van der Waals surface area contributed by atoms with Crippen LogP contribution < -0.4 is 5.43 Å². The van der Waals surface area contributed by atoms with E-state index in [0.29, 0.717) is 57.1 Å². The number of benzene rings is 2. The number of aliphatic hydroxyl groups excluding tert-OH is 1. The summed E-state index contributed by atoms with van der Waals surface area (Å²) in [5, 5.41) is 17.5. The number of nitrogens with zero attached hydrogens (tertiary/aromatic N) is 4. The van der Waals surface area contributed by atoms with Crippen LogP contribution in [0, 0.1) is 11.8 Å². The molecule has 0 unspecified atom stereocenters. The zero-order valence-corrected chi connectivity index (χ0v) is 26.2. The summed E-state index contributed by atoms with van der Waals surface area (Å²) in [6, 6.07) is 13.4. The first-order valence-corrected chi connectivity index (χ1v) is 16.0. The number of nitrogens with one attached hydrogen (secondary N) is 1. The number of halogens is 5. The van der Waals surface area contributed by atoms with Gasteiger partial charge in [-0.2, -0.15) is 18.3 Å². The summed E-state index contributed by atoms with van der Waals surface area (Å²) in [5.41, 5.74) is 4.84. The molecule has 45 heavy (non-hydrogen) atoms. The first kappa shape index (κ1) is 31.6. The molecule has 0 spiro atoms. The van der Waals surface area contributed by atoms with Gasteiger partial charge in [-0.25, -0.2) is 9.69 Å². The number of rotatable bonds is 6. The lowest BCUT2D eigenvalue weighted by molar-refractivity contribution is -0.137. The van der Waals surface area contributed by atoms with E-state index >= 15 is 0 Å². The minimum absolute atomic E-state index is 0.244. The van der Waals surface area contributed by atoms with Crippen molar-refractivity contribution in [1.29, 1.82) is 0 Å². The predicted molar refractivity (Wildman–Crippen MR) is 168 cm³/mol. The Labute approximate surface area is 272 Å². The number of likely N-dealkylation sites (tertiary alicyclic amines) is 1. The molecule has 0 atom stereocenters. The third-order valence-corrected chi connectivity index (χ3v) is 9.20. The van der Waals surface area contributed by atoms with E-state index in [4.69, 9.17) is 28.3 Å². The molecule has 13 heteroatoms. The summed E-state index contributed by atoms with van der Waals surface area (Å²) in [4.78, 5) is 17.2. The molecule has 0 bridgehead atoms. The number of carbonyl (C=O) groups excluding carboxylic acids is 1. The fourth-order valence-electron chi connectivity index (χ4n) is 5.37. The highest BCUT2D eigenvalue weighted by atomic mass is 35.5. The van der Waals surface area contributed by atoms with E-state index in [1.807, 2.05) is 22.0 Å². The lowest BCUT2D eigenvalue weighted by atomic mass is 10.1. The van der Waals surface area contributed by atoms with Gasteiger partial charge in [0.15, 0.2) is 5.69 Å². The van der Waals surface area contributed by atoms with E-state index < -0.39 is 17.8 Å². The maximum Gasteiger partial charge on any atom is 0.416 e. The van der Waals surface area contributed by atoms with E-state index in [1.165, 1.54) is 23.5 Å². The van der Waals surface area contributed by atoms with Crippen molar-refractivity contribution in [2.75, 3.05) is 26.2 Å². The number of aromatic nitrogens is 2. The Hall–Kier alpha value is -3.37. The van der Waals surface area contributed by atoms with Crippen LogP contribution in [0.25, 0.3) is 16.3 Å². The number of piperidine rings is 1. The third kappa shape index (κ3) is 7.22. The second kappa shape index (κ2) is 13.2. The first-order chi connectivity index (χ1) is 21.5. The van der Waals surface area contributed by atoms with Gasteiger partial charge in [0.25, 0.3) is 5.91 Å². The third-order valence-electron chi connectivity index (χ3n) is 7.65. The van der Waals surface area contributed by atoms with Gasteiger partial charge in [-0.1, -0.05) is 41.5 Å². The van der Waals surface area contributed by atoms with Crippen molar-refractivity contribution in [3.63, 3.8) is 0 Å². The molecule has 4 heterocycles. The Kier molecular flexibility index (Phi) is 9.24. The quantitative estimate of drug-likeness (QED) is 0.225. The van der Waals surface area contributed by atoms with Crippen molar-refractivity contribution in [3.8, 4) is 28.1 Å². The van der Waals surface area contributed by atoms with Crippen LogP contribution >= 0.6 is 34.5 Å². The molecule has 0 aliphatic carbocycles. The van der Waals surface area contributed by atoms with Gasteiger partial charge in [-0.15, -0.1) is 11.3 Å². The van der Waals surface area contributed by atoms with Crippen LogP contribution in [0.5, 0.6) is 0 Å². The normalized spacial score (nSPS) is 16.2. The van der Waals surface area contributed by atoms with Gasteiger partial charge in [0.1, 0.15) is 0 Å². The topological polar surface area (TPSA) is 73.6 Å². The van der Waals surface area contributed by atoms with Crippen LogP contribution in [0.1, 0.15) is 51.3 Å². The van der Waals surface area contributed by atoms with Gasteiger partial charge in [0, 0.05) is 48.9 Å². The van der Waals surface area contributed by atoms with Crippen LogP contribution in [-0.4, -0.2) is 63.0 Å². The highest BCUT2D eigenvalue weighted by Crippen LogP contribution is 2.38. The summed E-state index contributed by atoms with van der Waals surface area (Å²) in [7, 11) is 0. The number of hydrogen-bond acceptors (Lipinski definition) is 6. The molecule has 0 saturated carbocycles. The predicted octanol–water partition coefficient (Wildman–Crippen LogP) is 6.63. The zero-order chi connectivity index (χ0) is 31.7. The van der Waals surface area contributed by atoms with Gasteiger partial charge in [-0.05, 0) is 67.4 Å². The largest absolute Gasteiger partial charge is 0.416 e. The number of amides is 1. The van der Waals surface area contributed by atoms with Gasteiger partial charge in [0.2, 0.25) is 0 Å². The van der Waals surface area contributed by atoms with Gasteiger partial charge >= 0.3 is 6.18 Å². The minimum Gasteiger partial charge on any atom is -0.390 e. The Morgan fingerprint density at radius 3 is 2.42 bits per heavy atom. The molecule has 0 radical (unpaired) electrons. The van der Waals surface area contributed by atoms with E-state index in [-0.39, 0.29) is 11.6 Å². The fraction of sp³-hybridized carbons (Fsp3) is 0.312. The number of carbonyl (C=O) groups is 1. The van der Waals surface area contributed by atoms with Gasteiger partial charge < -0.3 is 5.11 Å². The SMILES string of the molecule is O=C(NN1CCCCC1)c1nn(-c2ccc(Cl)cc2Cl)c(-c2ccc(C#Cc3ccc(C(F)(F)F)cc3)s2)c1CN1CC(O)C1. The first-order valence-electron chi connectivity index (χ1n) is 14.4. The summed E-state index contributed by atoms with van der Waals surface area (Å²) in [5.74, 6) is 5.64. The van der Waals surface area contributed by atoms with Crippen molar-refractivity contribution in [2.24, 2.45) is 0 Å². The Morgan fingerprint density at radius 1 is 1.02 bits per heavy atom. The van der Waals surface area contributed by atoms with E-state index in [9.17, 15) is 23.1 Å². The van der Waals surface area contributed by atoms with Crippen LogP contribution in [0.15, 0.2) is 54.6 Å². The van der Waals surface area contributed by atoms with Crippen LogP contribution in [0.3, 0.4) is 0 Å². The smallest absolute Gasteiger partial charge is 0.390 e. The highest BCUT2D eigenvalue weighted by Gasteiger charge is 2.33. The monoisotopic (exact) mass is 673 g/mol. The van der Waals surface area contributed by atoms with Gasteiger partial charge in [0.05, 0.1) is 37.8 Å². The molecule has 2 saturated heterocycles. The van der Waals surface area contributed by atoms with Crippen LogP contribution in [0.4, 0.5) is 13.2 Å². The molecule has 6 rings (SSSR count). The van der Waals surface area contributed by atoms with E-state index in [1.54, 1.807) is 22.9 Å². The molecule has 2 fully saturated rings. The molecule has 2 aliphatic heterocycles. The number of hydrogen-bond donors (Lipinski definition) is 2. The summed E-state index contributed by atoms with van der Waals surface area (Å²) < 4.78 is 40.5. The maximum absolute atomic E-state index is 13.8. The Balaban J connectivity index is 1.41. The zero-order valence-electron chi connectivity index (χ0n) is 23.9. The lowest BCUT2D eigenvalue weighted by Crippen LogP contribution is -2.50. The highest BCUT2D eigenvalue weighted by molar-refractivity contribution is 7.16. The molecule has 4 aromatic rings. The Bertz CT molecular complexity index is 1770. The molecule has 2 aromatic heterocycles. The molecule has 234 valence electrons. The second-order valence-corrected chi connectivity index (χ2v) is 12.9. The number of β-amino-alcohol motifs (C(OH)–C–C–N with tert-alkyl or cyclic N) is 1. The average molecular weight is 675 g/mol. The van der Waals surface area contributed by atoms with Gasteiger partial charge in [-0.3, -0.25) is 15.1 Å². The average Bonchev–Trinajstić information content (AvgIpc) is 3.60. The number of hydrazine groups is 1. The van der Waals surface area contributed by atoms with Crippen molar-refractivity contribution >= 4 is 40.4 Å². The van der Waals surface area contributed by atoms with E-state index in [2.05, 4.69) is 17.3 Å². The summed E-state index contributed by atoms with van der Waals surface area (Å²) in [6.07, 6.45) is -1.76. The molecule has 2 N–H and O–H groups in total. The molecule has 2 aromatic carbocycles. The number of alkyl halides is 3. The van der Waals surface area contributed by atoms with Crippen molar-refractivity contribution in [3.05, 3.63) is 91.9 Å². The summed E-state index contributed by atoms with van der Waals surface area (Å²) in [6.45, 7) is 2.80. The number of aliphatic hydroxyl groups is 1. The Morgan fingerprint density at radius 2 is 1.76 bits per heavy atom. The second-order valence-electron chi connectivity index (χ2n) is 11.0. The molecule has 2 aliphatic rings. The fourth-order valence-corrected chi connectivity index (χ4v) is 6.78. The van der Waals surface area contributed by atoms with Crippen LogP contribution in [-0.2, 0) is 12.7 Å². The van der Waals surface area contributed by atoms with Crippen molar-refractivity contribution in [2.45, 2.75) is 38.1 Å². The number of thiophene rings is 1. The van der Waals surface area contributed by atoms with Crippen LogP contribution in [0.2, 0.25) is 10.0 Å². The molecular formula is C32H28Cl2F3N5O2S. The molecular weight excluding hydrogens is 646 g/mol. The minimum atomic E-state index is -4.42. The standard InChI is InChI=1S/C32H28Cl2F3N5O2S/c33-22-9-12-27(26(34)16-22)42-30(28-13-11-24(45-28)10-6-20-4-7-21(8-5-20)32(35,36)37)25(19-40-17-23(43)18-40)29(38-42)31(44)39-41-14-2-1-3-15-41/h4-5,7-9,11-13,16,23,43H,1-3,14-15,17-19H2,(H,39,44). The molecule has 7 nitrogen and oxygen atoms in total. The van der Waals surface area contributed by atoms with Crippen molar-refractivity contribution in [1.82, 2.24) is 25.1 Å². The molecule has 1 amide bonds. The maximum atomic E-state index is 13.8. The lowest BCUT2D eigenvalue weighted by Gasteiger charge is -2.36. The summed E-state index contributed by atoms with van der Waals surface area (Å²) >= 11 is 14.2.